The van der Waals surface area contributed by atoms with Gasteiger partial charge in [0.15, 0.2) is 0 Å². The summed E-state index contributed by atoms with van der Waals surface area (Å²) >= 11 is 0. The molecule has 0 aliphatic carbocycles. The van der Waals surface area contributed by atoms with Crippen LogP contribution in [0.4, 0.5) is 16.2 Å². The molecule has 0 atom stereocenters. The van der Waals surface area contributed by atoms with Crippen LogP contribution in [0.3, 0.4) is 0 Å². The number of anilines is 1. The standard InChI is InChI=1S/C19H16N4O5/c1-27-14-7-9-16(17(11-14)23(25)26)18-10-8-15(28-18)12-20-22-19(24)21-13-5-3-2-4-6-13/h2-12H,1H3,(H2,21,22,24). The molecule has 142 valence electrons. The molecular weight excluding hydrogens is 364 g/mol. The van der Waals surface area contributed by atoms with E-state index in [1.165, 1.54) is 19.4 Å². The van der Waals surface area contributed by atoms with E-state index in [1.807, 2.05) is 6.07 Å². The van der Waals surface area contributed by atoms with E-state index in [2.05, 4.69) is 15.8 Å². The van der Waals surface area contributed by atoms with Gasteiger partial charge in [0.2, 0.25) is 0 Å². The summed E-state index contributed by atoms with van der Waals surface area (Å²) in [6.45, 7) is 0. The van der Waals surface area contributed by atoms with Crippen LogP contribution in [-0.2, 0) is 0 Å². The van der Waals surface area contributed by atoms with Gasteiger partial charge in [0, 0.05) is 5.69 Å². The lowest BCUT2D eigenvalue weighted by atomic mass is 10.1. The number of nitrogens with one attached hydrogen (secondary N) is 2. The van der Waals surface area contributed by atoms with Crippen molar-refractivity contribution in [2.24, 2.45) is 5.10 Å². The molecule has 0 unspecified atom stereocenters. The molecule has 2 N–H and O–H groups in total. The van der Waals surface area contributed by atoms with Crippen LogP contribution in [0.1, 0.15) is 5.76 Å². The van der Waals surface area contributed by atoms with E-state index in [0.29, 0.717) is 28.5 Å². The Labute approximate surface area is 159 Å². The Morgan fingerprint density at radius 2 is 1.96 bits per heavy atom. The smallest absolute Gasteiger partial charge is 0.339 e. The minimum absolute atomic E-state index is 0.141. The molecule has 0 fully saturated rings. The first kappa shape index (κ1) is 18.6. The molecule has 0 aliphatic heterocycles. The van der Waals surface area contributed by atoms with Gasteiger partial charge in [-0.05, 0) is 36.4 Å². The van der Waals surface area contributed by atoms with E-state index in [1.54, 1.807) is 48.5 Å². The van der Waals surface area contributed by atoms with Crippen LogP contribution in [-0.4, -0.2) is 24.3 Å². The number of urea groups is 1. The number of hydrogen-bond donors (Lipinski definition) is 2. The summed E-state index contributed by atoms with van der Waals surface area (Å²) in [4.78, 5) is 22.5. The first-order chi connectivity index (χ1) is 13.6. The fourth-order valence-corrected chi connectivity index (χ4v) is 2.40. The van der Waals surface area contributed by atoms with Crippen molar-refractivity contribution in [2.75, 3.05) is 12.4 Å². The molecule has 0 radical (unpaired) electrons. The maximum atomic E-state index is 11.8. The van der Waals surface area contributed by atoms with Gasteiger partial charge in [-0.2, -0.15) is 5.10 Å². The Morgan fingerprint density at radius 1 is 1.18 bits per heavy atom. The van der Waals surface area contributed by atoms with Gasteiger partial charge in [0.05, 0.1) is 29.9 Å². The highest BCUT2D eigenvalue weighted by Gasteiger charge is 2.19. The van der Waals surface area contributed by atoms with Crippen molar-refractivity contribution in [2.45, 2.75) is 0 Å². The number of amides is 2. The highest BCUT2D eigenvalue weighted by molar-refractivity contribution is 5.90. The number of furan rings is 1. The van der Waals surface area contributed by atoms with Crippen LogP contribution in [0.2, 0.25) is 0 Å². The van der Waals surface area contributed by atoms with Crippen molar-refractivity contribution in [3.8, 4) is 17.1 Å². The summed E-state index contributed by atoms with van der Waals surface area (Å²) in [7, 11) is 1.43. The summed E-state index contributed by atoms with van der Waals surface area (Å²) in [5.74, 6) is 0.988. The van der Waals surface area contributed by atoms with E-state index >= 15 is 0 Å². The normalized spacial score (nSPS) is 10.6. The maximum absolute atomic E-state index is 11.8. The third-order valence-electron chi connectivity index (χ3n) is 3.68. The lowest BCUT2D eigenvalue weighted by molar-refractivity contribution is -0.384. The molecule has 0 bridgehead atoms. The number of carbonyl (C=O) groups excluding carboxylic acids is 1. The number of methoxy groups -OCH3 is 1. The fraction of sp³-hybridized carbons (Fsp3) is 0.0526. The summed E-state index contributed by atoms with van der Waals surface area (Å²) < 4.78 is 10.6. The number of nitro benzene ring substituents is 1. The lowest BCUT2D eigenvalue weighted by Gasteiger charge is -2.03. The maximum Gasteiger partial charge on any atom is 0.339 e. The van der Waals surface area contributed by atoms with E-state index < -0.39 is 11.0 Å². The molecule has 0 aliphatic rings. The predicted octanol–water partition coefficient (Wildman–Crippen LogP) is 4.02. The number of nitrogens with zero attached hydrogens (tertiary/aromatic N) is 2. The first-order valence-corrected chi connectivity index (χ1v) is 8.14. The summed E-state index contributed by atoms with van der Waals surface area (Å²) in [5, 5.41) is 17.7. The minimum atomic E-state index is -0.514. The van der Waals surface area contributed by atoms with Gasteiger partial charge in [-0.3, -0.25) is 10.1 Å². The monoisotopic (exact) mass is 380 g/mol. The van der Waals surface area contributed by atoms with Crippen LogP contribution < -0.4 is 15.5 Å². The second-order valence-corrected chi connectivity index (χ2v) is 5.53. The highest BCUT2D eigenvalue weighted by Crippen LogP contribution is 2.33. The van der Waals surface area contributed by atoms with Gasteiger partial charge in [-0.25, -0.2) is 10.2 Å². The lowest BCUT2D eigenvalue weighted by Crippen LogP contribution is -2.24. The summed E-state index contributed by atoms with van der Waals surface area (Å²) in [6, 6.07) is 16.0. The van der Waals surface area contributed by atoms with Crippen molar-refractivity contribution in [1.82, 2.24) is 5.43 Å². The Bertz CT molecular complexity index is 1010. The van der Waals surface area contributed by atoms with Gasteiger partial charge >= 0.3 is 6.03 Å². The molecule has 1 aromatic heterocycles. The van der Waals surface area contributed by atoms with Crippen LogP contribution >= 0.6 is 0 Å². The number of rotatable bonds is 6. The van der Waals surface area contributed by atoms with Crippen molar-refractivity contribution in [3.05, 3.63) is 76.5 Å². The average Bonchev–Trinajstić information content (AvgIpc) is 3.17. The van der Waals surface area contributed by atoms with Crippen LogP contribution in [0.25, 0.3) is 11.3 Å². The molecule has 9 nitrogen and oxygen atoms in total. The van der Waals surface area contributed by atoms with Gasteiger partial charge < -0.3 is 14.5 Å². The summed E-state index contributed by atoms with van der Waals surface area (Å²) in [5.41, 5.74) is 3.10. The quantitative estimate of drug-likeness (QED) is 0.380. The Kier molecular flexibility index (Phi) is 5.66. The van der Waals surface area contributed by atoms with Gasteiger partial charge in [-0.15, -0.1) is 0 Å². The number of carbonyl (C=O) groups is 1. The van der Waals surface area contributed by atoms with Crippen LogP contribution in [0, 0.1) is 10.1 Å². The molecule has 3 aromatic rings. The molecule has 0 spiro atoms. The Morgan fingerprint density at radius 3 is 2.68 bits per heavy atom. The van der Waals surface area contributed by atoms with Gasteiger partial charge in [0.1, 0.15) is 17.3 Å². The molecule has 0 saturated carbocycles. The topological polar surface area (TPSA) is 119 Å². The number of benzene rings is 2. The van der Waals surface area contributed by atoms with Gasteiger partial charge in [-0.1, -0.05) is 18.2 Å². The minimum Gasteiger partial charge on any atom is -0.497 e. The second-order valence-electron chi connectivity index (χ2n) is 5.53. The molecule has 0 saturated heterocycles. The van der Waals surface area contributed by atoms with Crippen molar-refractivity contribution in [1.29, 1.82) is 0 Å². The zero-order valence-corrected chi connectivity index (χ0v) is 14.8. The Balaban J connectivity index is 1.68. The molecular formula is C19H16N4O5. The zero-order valence-electron chi connectivity index (χ0n) is 14.8. The number of hydrazone groups is 1. The zero-order chi connectivity index (χ0) is 19.9. The van der Waals surface area contributed by atoms with E-state index in [-0.39, 0.29) is 5.69 Å². The SMILES string of the molecule is COc1ccc(-c2ccc(C=NNC(=O)Nc3ccccc3)o2)c([N+](=O)[O-])c1. The number of ether oxygens (including phenoxy) is 1. The van der Waals surface area contributed by atoms with Gasteiger partial charge in [0.25, 0.3) is 5.69 Å². The van der Waals surface area contributed by atoms with E-state index in [4.69, 9.17) is 9.15 Å². The Hall–Kier alpha value is -4.14. The van der Waals surface area contributed by atoms with E-state index in [0.717, 1.165) is 0 Å². The number of hydrogen-bond acceptors (Lipinski definition) is 6. The molecule has 28 heavy (non-hydrogen) atoms. The molecule has 9 heteroatoms. The molecule has 2 aromatic carbocycles. The largest absolute Gasteiger partial charge is 0.497 e. The van der Waals surface area contributed by atoms with Crippen molar-refractivity contribution >= 4 is 23.6 Å². The third kappa shape index (κ3) is 4.52. The number of para-hydroxylation sites is 1. The predicted molar refractivity (Wildman–Crippen MR) is 104 cm³/mol. The van der Waals surface area contributed by atoms with Crippen molar-refractivity contribution in [3.63, 3.8) is 0 Å². The molecule has 1 heterocycles. The fourth-order valence-electron chi connectivity index (χ4n) is 2.40. The second kappa shape index (κ2) is 8.49. The van der Waals surface area contributed by atoms with Crippen LogP contribution in [0.15, 0.2) is 70.2 Å². The molecule has 2 amide bonds. The summed E-state index contributed by atoms with van der Waals surface area (Å²) in [6.07, 6.45) is 1.30. The van der Waals surface area contributed by atoms with Crippen molar-refractivity contribution < 1.29 is 18.9 Å². The number of nitro groups is 1. The first-order valence-electron chi connectivity index (χ1n) is 8.14. The molecule has 3 rings (SSSR count). The average molecular weight is 380 g/mol. The van der Waals surface area contributed by atoms with Crippen LogP contribution in [0.5, 0.6) is 5.75 Å². The highest BCUT2D eigenvalue weighted by atomic mass is 16.6. The van der Waals surface area contributed by atoms with E-state index in [9.17, 15) is 14.9 Å². The third-order valence-corrected chi connectivity index (χ3v) is 3.68.